The number of alkyl carbamates (subject to hydrolysis) is 2. The molecule has 2 amide bonds. The Morgan fingerprint density at radius 3 is 1.85 bits per heavy atom. The number of amides is 2. The molecule has 1 unspecified atom stereocenters. The number of aromatic amines is 2. The molecule has 2 aliphatic carbocycles. The summed E-state index contributed by atoms with van der Waals surface area (Å²) in [4.78, 5) is 35.2. The van der Waals surface area contributed by atoms with Crippen LogP contribution < -0.4 is 27.0 Å². The average molecular weight is 847 g/mol. The number of rotatable bonds is 10. The number of aryl methyl sites for hydroxylation is 1. The van der Waals surface area contributed by atoms with Crippen LogP contribution in [0.15, 0.2) is 57.7 Å². The van der Waals surface area contributed by atoms with Crippen molar-refractivity contribution in [3.63, 3.8) is 0 Å². The van der Waals surface area contributed by atoms with Gasteiger partial charge in [0, 0.05) is 79.5 Å². The number of anilines is 4. The largest absolute Gasteiger partial charge is 0.446 e. The first-order valence-corrected chi connectivity index (χ1v) is 21.9. The van der Waals surface area contributed by atoms with Crippen LogP contribution in [0.5, 0.6) is 0 Å². The molecular formula is C41H54N10O8S. The summed E-state index contributed by atoms with van der Waals surface area (Å²) in [7, 11) is 0.0611. The van der Waals surface area contributed by atoms with Crippen molar-refractivity contribution in [3.8, 4) is 0 Å². The van der Waals surface area contributed by atoms with E-state index in [2.05, 4.69) is 41.7 Å². The fourth-order valence-electron chi connectivity index (χ4n) is 7.86. The maximum Gasteiger partial charge on any atom is 0.419 e. The van der Waals surface area contributed by atoms with Gasteiger partial charge in [-0.25, -0.2) is 27.1 Å². The number of aromatic nitrogens is 5. The summed E-state index contributed by atoms with van der Waals surface area (Å²) < 4.78 is 43.1. The highest BCUT2D eigenvalue weighted by Crippen LogP contribution is 2.38. The molecular weight excluding hydrogens is 793 g/mol. The summed E-state index contributed by atoms with van der Waals surface area (Å²) >= 11 is 0. The van der Waals surface area contributed by atoms with Crippen LogP contribution in [0.2, 0.25) is 0 Å². The minimum absolute atomic E-state index is 0.0335. The number of hydrogen-bond acceptors (Lipinski definition) is 12. The second kappa shape index (κ2) is 17.8. The number of ether oxygens (including phenoxy) is 2. The number of hydrogen-bond donors (Lipinski definition) is 6. The monoisotopic (exact) mass is 846 g/mol. The van der Waals surface area contributed by atoms with E-state index in [-0.39, 0.29) is 59.8 Å². The van der Waals surface area contributed by atoms with Crippen molar-refractivity contribution in [1.29, 1.82) is 0 Å². The van der Waals surface area contributed by atoms with Crippen molar-refractivity contribution in [2.45, 2.75) is 115 Å². The minimum atomic E-state index is -3.21. The van der Waals surface area contributed by atoms with E-state index >= 15 is 0 Å². The molecule has 6 N–H and O–H groups in total. The number of benzene rings is 2. The first kappa shape index (κ1) is 42.3. The predicted octanol–water partition coefficient (Wildman–Crippen LogP) is 6.57. The third-order valence-corrected chi connectivity index (χ3v) is 12.7. The van der Waals surface area contributed by atoms with Crippen LogP contribution in [0, 0.1) is 0 Å². The second-order valence-corrected chi connectivity index (χ2v) is 18.5. The molecule has 0 saturated heterocycles. The van der Waals surface area contributed by atoms with E-state index in [4.69, 9.17) is 13.9 Å². The molecule has 5 aromatic rings. The summed E-state index contributed by atoms with van der Waals surface area (Å²) in [6.45, 7) is 7.98. The van der Waals surface area contributed by atoms with Gasteiger partial charge in [-0.3, -0.25) is 14.8 Å². The number of nitrogens with zero attached hydrogens (tertiary/aromatic N) is 4. The van der Waals surface area contributed by atoms with Gasteiger partial charge in [0.25, 0.3) is 0 Å². The Bertz CT molecular complexity index is 2490. The van der Waals surface area contributed by atoms with E-state index in [1.165, 1.54) is 8.87 Å². The molecule has 0 spiro atoms. The van der Waals surface area contributed by atoms with Gasteiger partial charge in [0.1, 0.15) is 12.2 Å². The zero-order valence-electron chi connectivity index (χ0n) is 34.7. The van der Waals surface area contributed by atoms with E-state index in [1.54, 1.807) is 20.2 Å². The zero-order chi connectivity index (χ0) is 42.7. The first-order valence-electron chi connectivity index (χ1n) is 20.3. The number of nitrogens with one attached hydrogen (secondary N) is 6. The van der Waals surface area contributed by atoms with Gasteiger partial charge in [0.15, 0.2) is 17.2 Å². The third-order valence-electron chi connectivity index (χ3n) is 11.0. The van der Waals surface area contributed by atoms with Crippen molar-refractivity contribution in [1.82, 2.24) is 39.9 Å². The SMILES string of the molecule is CC(C)NC(=O)OC1CC[C@H](c2cc(Nc3ccc4c(c3)CN(C)S(=O)(=O)C4)n[nH]2)C1.CC(C)NC(=O)O[C@@H]1CC[C@H](c2cc(Nc3ccc4oc(=O)n(C)c4c3)n[nH]2)C1. The Labute approximate surface area is 348 Å². The highest BCUT2D eigenvalue weighted by atomic mass is 32.2. The van der Waals surface area contributed by atoms with Gasteiger partial charge in [0.05, 0.1) is 11.3 Å². The van der Waals surface area contributed by atoms with E-state index in [9.17, 15) is 22.8 Å². The molecule has 322 valence electrons. The van der Waals surface area contributed by atoms with Gasteiger partial charge >= 0.3 is 17.9 Å². The van der Waals surface area contributed by atoms with Crippen LogP contribution >= 0.6 is 0 Å². The fraction of sp³-hybridized carbons (Fsp3) is 0.488. The molecule has 3 aromatic heterocycles. The third kappa shape index (κ3) is 10.3. The highest BCUT2D eigenvalue weighted by Gasteiger charge is 2.32. The van der Waals surface area contributed by atoms with Gasteiger partial charge in [-0.05, 0) is 108 Å². The molecule has 4 atom stereocenters. The van der Waals surface area contributed by atoms with Crippen LogP contribution in [0.4, 0.5) is 32.6 Å². The normalized spacial score (nSPS) is 21.0. The predicted molar refractivity (Wildman–Crippen MR) is 226 cm³/mol. The van der Waals surface area contributed by atoms with E-state index in [1.807, 2.05) is 70.2 Å². The van der Waals surface area contributed by atoms with E-state index in [0.717, 1.165) is 72.4 Å². The highest BCUT2D eigenvalue weighted by molar-refractivity contribution is 7.88. The average Bonchev–Trinajstić information content (AvgIpc) is 4.02. The maximum absolute atomic E-state index is 12.0. The first-order chi connectivity index (χ1) is 28.6. The molecule has 8 rings (SSSR count). The van der Waals surface area contributed by atoms with Crippen LogP contribution in [0.25, 0.3) is 11.1 Å². The Morgan fingerprint density at radius 2 is 1.30 bits per heavy atom. The number of carbonyl (C=O) groups excluding carboxylic acids is 2. The van der Waals surface area contributed by atoms with Gasteiger partial charge < -0.3 is 35.2 Å². The lowest BCUT2D eigenvalue weighted by Gasteiger charge is -2.25. The van der Waals surface area contributed by atoms with Gasteiger partial charge in [0.2, 0.25) is 10.0 Å². The minimum Gasteiger partial charge on any atom is -0.446 e. The standard InChI is InChI=1S/C21H29N5O4S.C20H25N5O4/c1-13(2)22-21(27)30-18-7-5-14(9-18)19-10-20(25-24-19)23-17-6-4-15-12-31(28,29)26(3)11-16(15)8-17;1-11(2)21-19(26)28-14-6-4-12(8-14)15-10-18(24-23-15)22-13-5-7-17-16(9-13)25(3)20(27)29-17/h4,6,8,10,13-14,18H,5,7,9,11-12H2,1-3H3,(H,22,27)(H2,23,24,25);5,7,9-12,14H,4,6,8H2,1-3H3,(H,21,26)(H2,22,23,24)/t14-,18?;12-,14+/m00/s1. The molecule has 18 nitrogen and oxygen atoms in total. The van der Waals surface area contributed by atoms with Crippen molar-refractivity contribution in [2.75, 3.05) is 17.7 Å². The fourth-order valence-corrected chi connectivity index (χ4v) is 9.09. The Morgan fingerprint density at radius 1 is 0.767 bits per heavy atom. The Hall–Kier alpha value is -5.82. The summed E-state index contributed by atoms with van der Waals surface area (Å²) in [5, 5.41) is 26.9. The van der Waals surface area contributed by atoms with Crippen molar-refractivity contribution in [3.05, 3.63) is 81.6 Å². The molecule has 2 aromatic carbocycles. The van der Waals surface area contributed by atoms with Gasteiger partial charge in [-0.1, -0.05) is 6.07 Å². The lowest BCUT2D eigenvalue weighted by Crippen LogP contribution is -2.33. The Kier molecular flexibility index (Phi) is 12.6. The van der Waals surface area contributed by atoms with Crippen LogP contribution in [0.1, 0.15) is 101 Å². The van der Waals surface area contributed by atoms with Crippen LogP contribution in [-0.4, -0.2) is 81.2 Å². The zero-order valence-corrected chi connectivity index (χ0v) is 35.5. The number of fused-ring (bicyclic) bond motifs is 2. The van der Waals surface area contributed by atoms with E-state index < -0.39 is 10.0 Å². The number of H-pyrrole nitrogens is 2. The number of carbonyl (C=O) groups is 2. The summed E-state index contributed by atoms with van der Waals surface area (Å²) in [5.41, 5.74) is 6.79. The van der Waals surface area contributed by atoms with Gasteiger partial charge in [-0.15, -0.1) is 0 Å². The lowest BCUT2D eigenvalue weighted by atomic mass is 10.0. The second-order valence-electron chi connectivity index (χ2n) is 16.4. The smallest absolute Gasteiger partial charge is 0.419 e. The maximum atomic E-state index is 12.0. The molecule has 2 saturated carbocycles. The molecule has 1 aliphatic heterocycles. The Balaban J connectivity index is 0.000000182. The molecule has 19 heteroatoms. The molecule has 2 fully saturated rings. The number of sulfonamides is 1. The molecule has 4 heterocycles. The van der Waals surface area contributed by atoms with Crippen molar-refractivity contribution >= 4 is 56.3 Å². The van der Waals surface area contributed by atoms with Crippen molar-refractivity contribution < 1.29 is 31.9 Å². The topological polar surface area (TPSA) is 231 Å². The van der Waals surface area contributed by atoms with Crippen LogP contribution in [0.3, 0.4) is 0 Å². The van der Waals surface area contributed by atoms with Gasteiger partial charge in [-0.2, -0.15) is 10.2 Å². The molecule has 60 heavy (non-hydrogen) atoms. The van der Waals surface area contributed by atoms with Crippen molar-refractivity contribution in [2.24, 2.45) is 7.05 Å². The summed E-state index contributed by atoms with van der Waals surface area (Å²) in [6, 6.07) is 15.2. The molecule has 3 aliphatic rings. The summed E-state index contributed by atoms with van der Waals surface area (Å²) in [5.74, 6) is 1.57. The summed E-state index contributed by atoms with van der Waals surface area (Å²) in [6.07, 6.45) is 4.19. The van der Waals surface area contributed by atoms with E-state index in [0.29, 0.717) is 29.3 Å². The van der Waals surface area contributed by atoms with Crippen LogP contribution in [-0.2, 0) is 38.8 Å². The lowest BCUT2D eigenvalue weighted by molar-refractivity contribution is 0.0972. The molecule has 0 radical (unpaired) electrons. The quantitative estimate of drug-likeness (QED) is 0.0877. The number of oxazole rings is 1. The molecule has 0 bridgehead atoms.